The molecule has 1 saturated heterocycles. The Hall–Kier alpha value is -0.520. The molecule has 0 aliphatic carbocycles. The van der Waals surface area contributed by atoms with E-state index in [1.807, 2.05) is 18.2 Å². The molecule has 1 atom stereocenters. The van der Waals surface area contributed by atoms with E-state index in [0.717, 1.165) is 6.42 Å². The van der Waals surface area contributed by atoms with Crippen LogP contribution in [-0.2, 0) is 9.53 Å². The summed E-state index contributed by atoms with van der Waals surface area (Å²) in [6, 6.07) is 10.3. The average Bonchev–Trinajstić information content (AvgIpc) is 2.53. The van der Waals surface area contributed by atoms with Crippen molar-refractivity contribution in [3.63, 3.8) is 0 Å². The molecule has 1 aromatic carbocycles. The quantitative estimate of drug-likeness (QED) is 0.591. The van der Waals surface area contributed by atoms with E-state index in [-0.39, 0.29) is 31.0 Å². The van der Waals surface area contributed by atoms with Crippen LogP contribution in [0.4, 0.5) is 0 Å². The number of cyclic esters (lactones) is 1. The van der Waals surface area contributed by atoms with Crippen LogP contribution in [0.15, 0.2) is 30.3 Å². The number of ether oxygens (including phenoxy) is 1. The van der Waals surface area contributed by atoms with Gasteiger partial charge >= 0.3 is 87.4 Å². The molecule has 0 bridgehead atoms. The predicted octanol–water partition coefficient (Wildman–Crippen LogP) is 0.679. The zero-order valence-electron chi connectivity index (χ0n) is 7.10. The van der Waals surface area contributed by atoms with Crippen molar-refractivity contribution in [3.05, 3.63) is 30.3 Å². The summed E-state index contributed by atoms with van der Waals surface area (Å²) in [7, 11) is 0. The predicted molar refractivity (Wildman–Crippen MR) is 50.9 cm³/mol. The van der Waals surface area contributed by atoms with Gasteiger partial charge in [0.2, 0.25) is 0 Å². The molecule has 1 fully saturated rings. The first kappa shape index (κ1) is 9.05. The summed E-state index contributed by atoms with van der Waals surface area (Å²) in [5.41, 5.74) is 0. The SMILES string of the molecule is O=C1CCC([Te]c2ccccc2)O1. The second-order valence-corrected chi connectivity index (χ2v) is 6.41. The molecule has 0 aromatic heterocycles. The summed E-state index contributed by atoms with van der Waals surface area (Å²) in [5.74, 6) is -0.0222. The molecule has 1 heterocycles. The summed E-state index contributed by atoms with van der Waals surface area (Å²) >= 11 is -0.329. The van der Waals surface area contributed by atoms with Gasteiger partial charge in [-0.2, -0.15) is 0 Å². The topological polar surface area (TPSA) is 26.3 Å². The number of hydrogen-bond donors (Lipinski definition) is 0. The fourth-order valence-electron chi connectivity index (χ4n) is 1.23. The zero-order valence-corrected chi connectivity index (χ0v) is 9.43. The molecule has 0 saturated carbocycles. The Morgan fingerprint density at radius 1 is 1.31 bits per heavy atom. The maximum absolute atomic E-state index is 10.8. The van der Waals surface area contributed by atoms with Crippen molar-refractivity contribution >= 4 is 30.5 Å². The molecule has 0 spiro atoms. The van der Waals surface area contributed by atoms with Gasteiger partial charge < -0.3 is 0 Å². The summed E-state index contributed by atoms with van der Waals surface area (Å²) in [5, 5.41) is 0. The van der Waals surface area contributed by atoms with Crippen molar-refractivity contribution in [1.82, 2.24) is 0 Å². The molecule has 0 radical (unpaired) electrons. The van der Waals surface area contributed by atoms with Crippen molar-refractivity contribution < 1.29 is 9.53 Å². The van der Waals surface area contributed by atoms with E-state index >= 15 is 0 Å². The van der Waals surface area contributed by atoms with E-state index < -0.39 is 0 Å². The van der Waals surface area contributed by atoms with Gasteiger partial charge in [0.05, 0.1) is 0 Å². The van der Waals surface area contributed by atoms with E-state index in [2.05, 4.69) is 12.1 Å². The zero-order chi connectivity index (χ0) is 9.10. The van der Waals surface area contributed by atoms with Gasteiger partial charge in [-0.1, -0.05) is 0 Å². The number of hydrogen-bond acceptors (Lipinski definition) is 2. The first-order valence-electron chi connectivity index (χ1n) is 4.26. The Morgan fingerprint density at radius 2 is 2.08 bits per heavy atom. The number of esters is 1. The van der Waals surface area contributed by atoms with E-state index in [1.54, 1.807) is 0 Å². The average molecular weight is 290 g/mol. The van der Waals surface area contributed by atoms with Crippen molar-refractivity contribution in [1.29, 1.82) is 0 Å². The van der Waals surface area contributed by atoms with Crippen LogP contribution < -0.4 is 3.61 Å². The molecular weight excluding hydrogens is 280 g/mol. The van der Waals surface area contributed by atoms with Crippen LogP contribution >= 0.6 is 0 Å². The van der Waals surface area contributed by atoms with Crippen LogP contribution in [0.2, 0.25) is 0 Å². The Bertz CT molecular complexity index is 297. The Labute approximate surface area is 87.4 Å². The van der Waals surface area contributed by atoms with Crippen LogP contribution in [0.3, 0.4) is 0 Å². The van der Waals surface area contributed by atoms with E-state index in [1.165, 1.54) is 3.61 Å². The second kappa shape index (κ2) is 4.13. The van der Waals surface area contributed by atoms with Gasteiger partial charge in [0.15, 0.2) is 0 Å². The molecule has 1 unspecified atom stereocenters. The third kappa shape index (κ3) is 2.46. The molecule has 0 N–H and O–H groups in total. The van der Waals surface area contributed by atoms with Crippen LogP contribution in [0.5, 0.6) is 0 Å². The molecule has 0 amide bonds. The van der Waals surface area contributed by atoms with Gasteiger partial charge in [-0.3, -0.25) is 0 Å². The third-order valence-corrected chi connectivity index (χ3v) is 5.11. The maximum atomic E-state index is 10.8. The second-order valence-electron chi connectivity index (χ2n) is 2.89. The van der Waals surface area contributed by atoms with Gasteiger partial charge in [0, 0.05) is 0 Å². The van der Waals surface area contributed by atoms with Crippen molar-refractivity contribution in [2.45, 2.75) is 17.0 Å². The van der Waals surface area contributed by atoms with Crippen LogP contribution in [-0.4, -0.2) is 31.0 Å². The molecule has 1 aromatic rings. The molecule has 1 aliphatic rings. The standard InChI is InChI=1S/C10H10O2Te/c11-9-6-7-10(12-9)13-8-4-2-1-3-5-8/h1-5,10H,6-7H2. The van der Waals surface area contributed by atoms with Crippen LogP contribution in [0.25, 0.3) is 0 Å². The molecule has 68 valence electrons. The molecule has 3 heteroatoms. The number of carbonyl (C=O) groups excluding carboxylic acids is 1. The van der Waals surface area contributed by atoms with E-state index in [4.69, 9.17) is 4.74 Å². The minimum atomic E-state index is -0.329. The number of carbonyl (C=O) groups is 1. The van der Waals surface area contributed by atoms with Crippen molar-refractivity contribution in [3.8, 4) is 0 Å². The van der Waals surface area contributed by atoms with Gasteiger partial charge in [-0.15, -0.1) is 0 Å². The molecular formula is C10H10O2Te. The van der Waals surface area contributed by atoms with Gasteiger partial charge in [-0.25, -0.2) is 0 Å². The molecule has 2 nitrogen and oxygen atoms in total. The summed E-state index contributed by atoms with van der Waals surface area (Å²) in [4.78, 5) is 10.8. The van der Waals surface area contributed by atoms with E-state index in [0.29, 0.717) is 6.42 Å². The summed E-state index contributed by atoms with van der Waals surface area (Å²) in [6.07, 6.45) is 1.54. The van der Waals surface area contributed by atoms with E-state index in [9.17, 15) is 4.79 Å². The molecule has 2 rings (SSSR count). The van der Waals surface area contributed by atoms with Crippen LogP contribution in [0.1, 0.15) is 12.8 Å². The van der Waals surface area contributed by atoms with Gasteiger partial charge in [0.25, 0.3) is 0 Å². The molecule has 13 heavy (non-hydrogen) atoms. The van der Waals surface area contributed by atoms with Crippen LogP contribution in [0, 0.1) is 0 Å². The summed E-state index contributed by atoms with van der Waals surface area (Å²) in [6.45, 7) is 0. The number of benzene rings is 1. The Kier molecular flexibility index (Phi) is 2.87. The van der Waals surface area contributed by atoms with Crippen molar-refractivity contribution in [2.75, 3.05) is 0 Å². The Morgan fingerprint density at radius 3 is 2.69 bits per heavy atom. The number of rotatable bonds is 2. The van der Waals surface area contributed by atoms with Gasteiger partial charge in [0.1, 0.15) is 0 Å². The fourth-order valence-corrected chi connectivity index (χ4v) is 4.11. The van der Waals surface area contributed by atoms with Gasteiger partial charge in [-0.05, 0) is 0 Å². The first-order chi connectivity index (χ1) is 6.34. The monoisotopic (exact) mass is 292 g/mol. The first-order valence-corrected chi connectivity index (χ1v) is 6.77. The van der Waals surface area contributed by atoms with Crippen molar-refractivity contribution in [2.24, 2.45) is 0 Å². The summed E-state index contributed by atoms with van der Waals surface area (Å²) < 4.78 is 6.79. The fraction of sp³-hybridized carbons (Fsp3) is 0.300. The Balaban J connectivity index is 1.96. The third-order valence-electron chi connectivity index (χ3n) is 1.86. The minimum absolute atomic E-state index is 0.0222. The molecule has 1 aliphatic heterocycles. The normalized spacial score (nSPS) is 21.5.